The SMILES string of the molecule is COc1ccc2nc(CCc3ccccc3)c(Cc3ccccc3)cc2c1. The van der Waals surface area contributed by atoms with Crippen LogP contribution in [-0.4, -0.2) is 12.1 Å². The van der Waals surface area contributed by atoms with Crippen LogP contribution in [0.3, 0.4) is 0 Å². The summed E-state index contributed by atoms with van der Waals surface area (Å²) in [4.78, 5) is 5.01. The number of aryl methyl sites for hydroxylation is 2. The quantitative estimate of drug-likeness (QED) is 0.449. The number of benzene rings is 3. The Morgan fingerprint density at radius 3 is 2.15 bits per heavy atom. The number of pyridine rings is 1. The highest BCUT2D eigenvalue weighted by Gasteiger charge is 2.09. The number of rotatable bonds is 6. The third kappa shape index (κ3) is 4.17. The molecule has 4 aromatic rings. The highest BCUT2D eigenvalue weighted by molar-refractivity contribution is 5.81. The normalized spacial score (nSPS) is 10.9. The molecule has 0 atom stereocenters. The summed E-state index contributed by atoms with van der Waals surface area (Å²) in [6.07, 6.45) is 2.83. The second-order valence-electron chi connectivity index (χ2n) is 6.80. The molecular weight excluding hydrogens is 330 g/mol. The van der Waals surface area contributed by atoms with Crippen LogP contribution in [0, 0.1) is 0 Å². The number of ether oxygens (including phenoxy) is 1. The predicted octanol–water partition coefficient (Wildman–Crippen LogP) is 5.62. The summed E-state index contributed by atoms with van der Waals surface area (Å²) in [5.74, 6) is 0.868. The Hall–Kier alpha value is -3.13. The number of nitrogens with zero attached hydrogens (tertiary/aromatic N) is 1. The Morgan fingerprint density at radius 2 is 1.44 bits per heavy atom. The van der Waals surface area contributed by atoms with Crippen molar-refractivity contribution in [2.24, 2.45) is 0 Å². The van der Waals surface area contributed by atoms with Crippen LogP contribution in [0.1, 0.15) is 22.4 Å². The molecule has 27 heavy (non-hydrogen) atoms. The second kappa shape index (κ2) is 8.05. The smallest absolute Gasteiger partial charge is 0.119 e. The van der Waals surface area contributed by atoms with E-state index in [-0.39, 0.29) is 0 Å². The van der Waals surface area contributed by atoms with Gasteiger partial charge in [0.1, 0.15) is 5.75 Å². The monoisotopic (exact) mass is 353 g/mol. The second-order valence-corrected chi connectivity index (χ2v) is 6.80. The van der Waals surface area contributed by atoms with E-state index in [0.29, 0.717) is 0 Å². The zero-order valence-corrected chi connectivity index (χ0v) is 15.6. The van der Waals surface area contributed by atoms with Crippen LogP contribution in [0.25, 0.3) is 10.9 Å². The van der Waals surface area contributed by atoms with Gasteiger partial charge < -0.3 is 4.74 Å². The van der Waals surface area contributed by atoms with E-state index in [0.717, 1.165) is 35.9 Å². The molecule has 0 unspecified atom stereocenters. The number of methoxy groups -OCH3 is 1. The molecule has 0 spiro atoms. The van der Waals surface area contributed by atoms with Crippen molar-refractivity contribution in [3.8, 4) is 5.75 Å². The van der Waals surface area contributed by atoms with E-state index < -0.39 is 0 Å². The molecule has 2 nitrogen and oxygen atoms in total. The molecule has 0 aliphatic heterocycles. The van der Waals surface area contributed by atoms with Crippen LogP contribution in [0.15, 0.2) is 84.9 Å². The largest absolute Gasteiger partial charge is 0.497 e. The van der Waals surface area contributed by atoms with Crippen molar-refractivity contribution < 1.29 is 4.74 Å². The van der Waals surface area contributed by atoms with Crippen molar-refractivity contribution in [2.45, 2.75) is 19.3 Å². The molecule has 1 aromatic heterocycles. The molecule has 0 aliphatic carbocycles. The molecule has 1 heterocycles. The van der Waals surface area contributed by atoms with Gasteiger partial charge in [-0.3, -0.25) is 4.98 Å². The van der Waals surface area contributed by atoms with Crippen molar-refractivity contribution in [1.29, 1.82) is 0 Å². The molecule has 0 aliphatic rings. The average Bonchev–Trinajstić information content (AvgIpc) is 2.73. The van der Waals surface area contributed by atoms with E-state index in [9.17, 15) is 0 Å². The van der Waals surface area contributed by atoms with E-state index in [2.05, 4.69) is 72.8 Å². The van der Waals surface area contributed by atoms with Crippen LogP contribution < -0.4 is 4.74 Å². The van der Waals surface area contributed by atoms with E-state index in [1.54, 1.807) is 7.11 Å². The predicted molar refractivity (Wildman–Crippen MR) is 111 cm³/mol. The molecule has 3 aromatic carbocycles. The van der Waals surface area contributed by atoms with Gasteiger partial charge in [0.2, 0.25) is 0 Å². The van der Waals surface area contributed by atoms with Crippen LogP contribution in [0.4, 0.5) is 0 Å². The van der Waals surface area contributed by atoms with Gasteiger partial charge in [0, 0.05) is 11.1 Å². The zero-order chi connectivity index (χ0) is 18.5. The Kier molecular flexibility index (Phi) is 5.15. The minimum atomic E-state index is 0.868. The molecule has 0 saturated carbocycles. The van der Waals surface area contributed by atoms with Gasteiger partial charge in [-0.1, -0.05) is 60.7 Å². The van der Waals surface area contributed by atoms with E-state index in [4.69, 9.17) is 9.72 Å². The number of hydrogen-bond donors (Lipinski definition) is 0. The topological polar surface area (TPSA) is 22.1 Å². The fraction of sp³-hybridized carbons (Fsp3) is 0.160. The summed E-state index contributed by atoms with van der Waals surface area (Å²) in [6, 6.07) is 29.6. The molecule has 4 rings (SSSR count). The minimum Gasteiger partial charge on any atom is -0.497 e. The Morgan fingerprint density at radius 1 is 0.741 bits per heavy atom. The lowest BCUT2D eigenvalue weighted by Gasteiger charge is -2.12. The van der Waals surface area contributed by atoms with Gasteiger partial charge in [-0.15, -0.1) is 0 Å². The molecule has 0 amide bonds. The van der Waals surface area contributed by atoms with Gasteiger partial charge in [0.05, 0.1) is 12.6 Å². The Labute approximate surface area is 160 Å². The summed E-state index contributed by atoms with van der Waals surface area (Å²) in [5.41, 5.74) is 6.15. The number of aromatic nitrogens is 1. The molecule has 0 N–H and O–H groups in total. The van der Waals surface area contributed by atoms with E-state index >= 15 is 0 Å². The maximum absolute atomic E-state index is 5.39. The molecule has 0 saturated heterocycles. The number of hydrogen-bond acceptors (Lipinski definition) is 2. The third-order valence-electron chi connectivity index (χ3n) is 4.92. The Balaban J connectivity index is 1.70. The summed E-state index contributed by atoms with van der Waals surface area (Å²) in [5, 5.41) is 1.13. The summed E-state index contributed by atoms with van der Waals surface area (Å²) in [6.45, 7) is 0. The van der Waals surface area contributed by atoms with Gasteiger partial charge in [-0.2, -0.15) is 0 Å². The van der Waals surface area contributed by atoms with E-state index in [1.807, 2.05) is 12.1 Å². The number of fused-ring (bicyclic) bond motifs is 1. The van der Waals surface area contributed by atoms with Crippen LogP contribution in [-0.2, 0) is 19.3 Å². The van der Waals surface area contributed by atoms with Crippen molar-refractivity contribution in [3.05, 3.63) is 107 Å². The summed E-state index contributed by atoms with van der Waals surface area (Å²) < 4.78 is 5.39. The Bertz CT molecular complexity index is 1030. The fourth-order valence-electron chi connectivity index (χ4n) is 3.46. The molecule has 134 valence electrons. The van der Waals surface area contributed by atoms with E-state index in [1.165, 1.54) is 22.4 Å². The van der Waals surface area contributed by atoms with Crippen molar-refractivity contribution >= 4 is 10.9 Å². The maximum atomic E-state index is 5.39. The molecule has 0 radical (unpaired) electrons. The molecule has 2 heteroatoms. The van der Waals surface area contributed by atoms with Gasteiger partial charge in [-0.25, -0.2) is 0 Å². The lowest BCUT2D eigenvalue weighted by Crippen LogP contribution is -2.02. The molecule has 0 bridgehead atoms. The van der Waals surface area contributed by atoms with Gasteiger partial charge in [0.15, 0.2) is 0 Å². The lowest BCUT2D eigenvalue weighted by molar-refractivity contribution is 0.415. The van der Waals surface area contributed by atoms with Gasteiger partial charge in [0.25, 0.3) is 0 Å². The highest BCUT2D eigenvalue weighted by atomic mass is 16.5. The summed E-state index contributed by atoms with van der Waals surface area (Å²) >= 11 is 0. The van der Waals surface area contributed by atoms with Crippen LogP contribution >= 0.6 is 0 Å². The molecule has 0 fully saturated rings. The van der Waals surface area contributed by atoms with Crippen LogP contribution in [0.5, 0.6) is 5.75 Å². The summed E-state index contributed by atoms with van der Waals surface area (Å²) in [7, 11) is 1.70. The molecular formula is C25H23NO. The minimum absolute atomic E-state index is 0.868. The van der Waals surface area contributed by atoms with Crippen molar-refractivity contribution in [1.82, 2.24) is 4.98 Å². The average molecular weight is 353 g/mol. The first-order chi connectivity index (χ1) is 13.3. The van der Waals surface area contributed by atoms with Crippen molar-refractivity contribution in [3.63, 3.8) is 0 Å². The third-order valence-corrected chi connectivity index (χ3v) is 4.92. The first-order valence-corrected chi connectivity index (χ1v) is 9.36. The van der Waals surface area contributed by atoms with Crippen LogP contribution in [0.2, 0.25) is 0 Å². The maximum Gasteiger partial charge on any atom is 0.119 e. The first kappa shape index (κ1) is 17.3. The fourth-order valence-corrected chi connectivity index (χ4v) is 3.46. The van der Waals surface area contributed by atoms with Crippen molar-refractivity contribution in [2.75, 3.05) is 7.11 Å². The standard InChI is InChI=1S/C25H23NO/c1-27-23-13-15-25-22(18-23)17-21(16-20-10-6-3-7-11-20)24(26-25)14-12-19-8-4-2-5-9-19/h2-11,13,15,17-18H,12,14,16H2,1H3. The lowest BCUT2D eigenvalue weighted by atomic mass is 9.98. The zero-order valence-electron chi connectivity index (χ0n) is 15.6. The first-order valence-electron chi connectivity index (χ1n) is 9.36. The van der Waals surface area contributed by atoms with Gasteiger partial charge >= 0.3 is 0 Å². The highest BCUT2D eigenvalue weighted by Crippen LogP contribution is 2.24. The van der Waals surface area contributed by atoms with Gasteiger partial charge in [-0.05, 0) is 60.2 Å².